The minimum atomic E-state index is -3.24. The molecule has 0 saturated carbocycles. The predicted octanol–water partition coefficient (Wildman–Crippen LogP) is 0.898. The average Bonchev–Trinajstić information content (AvgIpc) is 2.42. The molecule has 20 heavy (non-hydrogen) atoms. The van der Waals surface area contributed by atoms with Crippen LogP contribution in [0.4, 0.5) is 0 Å². The zero-order valence-corrected chi connectivity index (χ0v) is 13.0. The molecular formula is C13H23N3O3S. The van der Waals surface area contributed by atoms with Crippen LogP contribution >= 0.6 is 0 Å². The SMILES string of the molecule is COc1ccc(CNS(=O)(=O)CCCNC(C)C)cn1. The van der Waals surface area contributed by atoms with Crippen LogP contribution in [-0.2, 0) is 16.6 Å². The normalized spacial score (nSPS) is 11.8. The van der Waals surface area contributed by atoms with Crippen LogP contribution in [0.15, 0.2) is 18.3 Å². The third-order valence-corrected chi connectivity index (χ3v) is 4.06. The van der Waals surface area contributed by atoms with Gasteiger partial charge in [-0.05, 0) is 18.5 Å². The van der Waals surface area contributed by atoms with E-state index >= 15 is 0 Å². The van der Waals surface area contributed by atoms with Crippen LogP contribution < -0.4 is 14.8 Å². The Kier molecular flexibility index (Phi) is 6.90. The Bertz CT molecular complexity index is 486. The van der Waals surface area contributed by atoms with Crippen LogP contribution in [0.25, 0.3) is 0 Å². The van der Waals surface area contributed by atoms with Crippen molar-refractivity contribution < 1.29 is 13.2 Å². The van der Waals surface area contributed by atoms with Gasteiger partial charge in [-0.15, -0.1) is 0 Å². The monoisotopic (exact) mass is 301 g/mol. The van der Waals surface area contributed by atoms with Gasteiger partial charge in [0, 0.05) is 24.8 Å². The molecule has 0 aliphatic carbocycles. The van der Waals surface area contributed by atoms with E-state index in [0.29, 0.717) is 24.9 Å². The van der Waals surface area contributed by atoms with Gasteiger partial charge in [-0.25, -0.2) is 18.1 Å². The van der Waals surface area contributed by atoms with Crippen LogP contribution in [0.5, 0.6) is 5.88 Å². The van der Waals surface area contributed by atoms with Crippen LogP contribution in [0.3, 0.4) is 0 Å². The fraction of sp³-hybridized carbons (Fsp3) is 0.615. The van der Waals surface area contributed by atoms with Crippen LogP contribution in [-0.4, -0.2) is 38.9 Å². The summed E-state index contributed by atoms with van der Waals surface area (Å²) in [6, 6.07) is 3.86. The zero-order valence-electron chi connectivity index (χ0n) is 12.2. The van der Waals surface area contributed by atoms with E-state index in [0.717, 1.165) is 5.56 Å². The van der Waals surface area contributed by atoms with E-state index < -0.39 is 10.0 Å². The van der Waals surface area contributed by atoms with E-state index in [1.54, 1.807) is 18.3 Å². The number of methoxy groups -OCH3 is 1. The number of hydrogen-bond acceptors (Lipinski definition) is 5. The Balaban J connectivity index is 2.34. The maximum absolute atomic E-state index is 11.8. The fourth-order valence-electron chi connectivity index (χ4n) is 1.55. The molecule has 2 N–H and O–H groups in total. The number of hydrogen-bond donors (Lipinski definition) is 2. The lowest BCUT2D eigenvalue weighted by molar-refractivity contribution is 0.397. The van der Waals surface area contributed by atoms with Gasteiger partial charge in [-0.2, -0.15) is 0 Å². The molecule has 0 fully saturated rings. The number of sulfonamides is 1. The number of pyridine rings is 1. The second-order valence-electron chi connectivity index (χ2n) is 4.81. The van der Waals surface area contributed by atoms with E-state index in [9.17, 15) is 8.42 Å². The van der Waals surface area contributed by atoms with Gasteiger partial charge in [0.05, 0.1) is 12.9 Å². The lowest BCUT2D eigenvalue weighted by Crippen LogP contribution is -2.29. The first kappa shape index (κ1) is 16.9. The predicted molar refractivity (Wildman–Crippen MR) is 79.2 cm³/mol. The molecule has 0 amide bonds. The molecule has 0 radical (unpaired) electrons. The van der Waals surface area contributed by atoms with E-state index in [1.165, 1.54) is 7.11 Å². The smallest absolute Gasteiger partial charge is 0.212 e. The van der Waals surface area contributed by atoms with Crippen molar-refractivity contribution in [2.24, 2.45) is 0 Å². The second-order valence-corrected chi connectivity index (χ2v) is 6.74. The van der Waals surface area contributed by atoms with Gasteiger partial charge in [-0.1, -0.05) is 19.9 Å². The summed E-state index contributed by atoms with van der Waals surface area (Å²) < 4.78 is 31.1. The Morgan fingerprint density at radius 3 is 2.65 bits per heavy atom. The van der Waals surface area contributed by atoms with Crippen LogP contribution in [0.2, 0.25) is 0 Å². The van der Waals surface area contributed by atoms with Gasteiger partial charge in [0.15, 0.2) is 0 Å². The lowest BCUT2D eigenvalue weighted by atomic mass is 10.3. The Morgan fingerprint density at radius 2 is 2.10 bits per heavy atom. The summed E-state index contributed by atoms with van der Waals surface area (Å²) in [5.41, 5.74) is 0.801. The van der Waals surface area contributed by atoms with E-state index in [2.05, 4.69) is 15.0 Å². The van der Waals surface area contributed by atoms with Crippen molar-refractivity contribution >= 4 is 10.0 Å². The highest BCUT2D eigenvalue weighted by molar-refractivity contribution is 7.89. The van der Waals surface area contributed by atoms with Gasteiger partial charge in [0.1, 0.15) is 0 Å². The summed E-state index contributed by atoms with van der Waals surface area (Å²) in [4.78, 5) is 4.03. The van der Waals surface area contributed by atoms with Gasteiger partial charge in [0.25, 0.3) is 0 Å². The van der Waals surface area contributed by atoms with Crippen molar-refractivity contribution in [1.29, 1.82) is 0 Å². The molecule has 0 bridgehead atoms. The van der Waals surface area contributed by atoms with Crippen molar-refractivity contribution in [3.8, 4) is 5.88 Å². The van der Waals surface area contributed by atoms with Gasteiger partial charge < -0.3 is 10.1 Å². The first-order valence-corrected chi connectivity index (χ1v) is 8.28. The molecule has 1 aromatic heterocycles. The minimum absolute atomic E-state index is 0.121. The summed E-state index contributed by atoms with van der Waals surface area (Å²) in [6.07, 6.45) is 2.19. The quantitative estimate of drug-likeness (QED) is 0.662. The Labute approximate surface area is 121 Å². The van der Waals surface area contributed by atoms with Gasteiger partial charge in [0.2, 0.25) is 15.9 Å². The summed E-state index contributed by atoms with van der Waals surface area (Å²) >= 11 is 0. The molecule has 0 aliphatic heterocycles. The van der Waals surface area contributed by atoms with Crippen molar-refractivity contribution in [2.75, 3.05) is 19.4 Å². The van der Waals surface area contributed by atoms with Gasteiger partial charge in [-0.3, -0.25) is 0 Å². The molecule has 0 spiro atoms. The highest BCUT2D eigenvalue weighted by Gasteiger charge is 2.09. The summed E-state index contributed by atoms with van der Waals surface area (Å²) in [6.45, 7) is 5.01. The summed E-state index contributed by atoms with van der Waals surface area (Å²) in [7, 11) is -1.70. The molecule has 0 aromatic carbocycles. The number of rotatable bonds is 9. The largest absolute Gasteiger partial charge is 0.481 e. The average molecular weight is 301 g/mol. The molecule has 1 rings (SSSR count). The highest BCUT2D eigenvalue weighted by Crippen LogP contribution is 2.06. The van der Waals surface area contributed by atoms with Crippen molar-refractivity contribution in [3.05, 3.63) is 23.9 Å². The van der Waals surface area contributed by atoms with Crippen molar-refractivity contribution in [3.63, 3.8) is 0 Å². The second kappa shape index (κ2) is 8.18. The Morgan fingerprint density at radius 1 is 1.35 bits per heavy atom. The zero-order chi connectivity index (χ0) is 15.0. The standard InChI is InChI=1S/C13H23N3O3S/c1-11(2)14-7-4-8-20(17,18)16-10-12-5-6-13(19-3)15-9-12/h5-6,9,11,14,16H,4,7-8,10H2,1-3H3. The van der Waals surface area contributed by atoms with E-state index in [-0.39, 0.29) is 12.3 Å². The topological polar surface area (TPSA) is 80.3 Å². The first-order valence-electron chi connectivity index (χ1n) is 6.62. The molecule has 1 heterocycles. The molecule has 6 nitrogen and oxygen atoms in total. The first-order chi connectivity index (χ1) is 9.43. The van der Waals surface area contributed by atoms with E-state index in [4.69, 9.17) is 4.74 Å². The van der Waals surface area contributed by atoms with Crippen molar-refractivity contribution in [2.45, 2.75) is 32.9 Å². The van der Waals surface area contributed by atoms with Crippen molar-refractivity contribution in [1.82, 2.24) is 15.0 Å². The molecule has 114 valence electrons. The highest BCUT2D eigenvalue weighted by atomic mass is 32.2. The maximum Gasteiger partial charge on any atom is 0.212 e. The third-order valence-electron chi connectivity index (χ3n) is 2.65. The molecular weight excluding hydrogens is 278 g/mol. The minimum Gasteiger partial charge on any atom is -0.481 e. The molecule has 1 aromatic rings. The molecule has 0 aliphatic rings. The number of aromatic nitrogens is 1. The molecule has 0 unspecified atom stereocenters. The molecule has 0 atom stereocenters. The number of nitrogens with zero attached hydrogens (tertiary/aromatic N) is 1. The van der Waals surface area contributed by atoms with Crippen LogP contribution in [0.1, 0.15) is 25.8 Å². The third kappa shape index (κ3) is 6.83. The fourth-order valence-corrected chi connectivity index (χ4v) is 2.61. The van der Waals surface area contributed by atoms with E-state index in [1.807, 2.05) is 13.8 Å². The summed E-state index contributed by atoms with van der Waals surface area (Å²) in [5, 5.41) is 3.19. The maximum atomic E-state index is 11.8. The Hall–Kier alpha value is -1.18. The van der Waals surface area contributed by atoms with Crippen LogP contribution in [0, 0.1) is 0 Å². The lowest BCUT2D eigenvalue weighted by Gasteiger charge is -2.09. The molecule has 7 heteroatoms. The number of ether oxygens (including phenoxy) is 1. The molecule has 0 saturated heterocycles. The number of nitrogens with one attached hydrogen (secondary N) is 2. The summed E-state index contributed by atoms with van der Waals surface area (Å²) in [5.74, 6) is 0.632. The van der Waals surface area contributed by atoms with Gasteiger partial charge >= 0.3 is 0 Å².